The van der Waals surface area contributed by atoms with Gasteiger partial charge in [-0.05, 0) is 142 Å². The third-order valence-corrected chi connectivity index (χ3v) is 18.5. The lowest BCUT2D eigenvalue weighted by Crippen LogP contribution is -2.55. The topological polar surface area (TPSA) is 13.1 Å². The molecule has 5 aliphatic rings. The number of nitrogens with zero attached hydrogens (tertiary/aromatic N) is 3. The van der Waals surface area contributed by atoms with Crippen molar-refractivity contribution >= 4 is 99.9 Å². The summed E-state index contributed by atoms with van der Waals surface area (Å²) in [7, 11) is 0. The first-order valence-corrected chi connectivity index (χ1v) is 27.0. The summed E-state index contributed by atoms with van der Waals surface area (Å²) in [4.78, 5) is 2.59. The average molecular weight is 961 g/mol. The van der Waals surface area contributed by atoms with Crippen LogP contribution in [0.1, 0.15) is 84.0 Å². The lowest BCUT2D eigenvalue weighted by molar-refractivity contribution is 0.590. The molecule has 1 atom stereocenters. The van der Waals surface area contributed by atoms with Gasteiger partial charge in [-0.25, -0.2) is 0 Å². The van der Waals surface area contributed by atoms with E-state index in [1.54, 1.807) is 0 Å². The van der Waals surface area contributed by atoms with Crippen molar-refractivity contribution in [2.45, 2.75) is 71.2 Å². The van der Waals surface area contributed by atoms with Crippen molar-refractivity contribution in [3.8, 4) is 33.4 Å². The van der Waals surface area contributed by atoms with Crippen LogP contribution in [-0.2, 0) is 10.8 Å². The van der Waals surface area contributed by atoms with Crippen molar-refractivity contribution < 1.29 is 1.37 Å². The van der Waals surface area contributed by atoms with Crippen LogP contribution >= 0.6 is 0 Å². The largest absolute Gasteiger partial charge is 0.328 e. The molecule has 0 saturated heterocycles. The number of hydrogen-bond acceptors (Lipinski definition) is 1. The minimum atomic E-state index is -0.821. The summed E-state index contributed by atoms with van der Waals surface area (Å²) >= 11 is 0. The Morgan fingerprint density at radius 3 is 2.04 bits per heavy atom. The highest BCUT2D eigenvalue weighted by Crippen LogP contribution is 2.59. The molecule has 2 aliphatic heterocycles. The summed E-state index contributed by atoms with van der Waals surface area (Å²) < 4.78 is 15.1. The molecular formula is C71H54BN3. The first-order valence-electron chi connectivity index (χ1n) is 27.5. The summed E-state index contributed by atoms with van der Waals surface area (Å²) in [6.45, 7) is 15.8. The van der Waals surface area contributed by atoms with E-state index in [-0.39, 0.29) is 23.6 Å². The number of hydrogen-bond donors (Lipinski definition) is 0. The maximum Gasteiger partial charge on any atom is 0.248 e. The second-order valence-electron chi connectivity index (χ2n) is 23.9. The van der Waals surface area contributed by atoms with Crippen molar-refractivity contribution in [1.29, 1.82) is 0 Å². The molecule has 0 bridgehead atoms. The van der Waals surface area contributed by atoms with Crippen LogP contribution in [0.15, 0.2) is 199 Å². The number of anilines is 2. The van der Waals surface area contributed by atoms with Gasteiger partial charge in [0, 0.05) is 56.3 Å². The van der Waals surface area contributed by atoms with Crippen molar-refractivity contribution in [3.63, 3.8) is 0 Å². The number of aromatic nitrogens is 2. The highest BCUT2D eigenvalue weighted by molar-refractivity contribution is 6.95. The molecule has 0 amide bonds. The van der Waals surface area contributed by atoms with E-state index in [1.165, 1.54) is 149 Å². The number of benzene rings is 10. The lowest BCUT2D eigenvalue weighted by atomic mass is 9.31. The highest BCUT2D eigenvalue weighted by atomic mass is 15.2. The number of fused-ring (bicyclic) bond motifs is 16. The Labute approximate surface area is 439 Å². The molecule has 1 unspecified atom stereocenters. The molecule has 0 spiro atoms. The molecule has 356 valence electrons. The molecule has 0 N–H and O–H groups in total. The van der Waals surface area contributed by atoms with Gasteiger partial charge in [0.25, 0.3) is 0 Å². The van der Waals surface area contributed by atoms with Gasteiger partial charge in [-0.2, -0.15) is 0 Å². The fourth-order valence-electron chi connectivity index (χ4n) is 15.2. The van der Waals surface area contributed by atoms with Crippen LogP contribution in [0.25, 0.3) is 104 Å². The Hall–Kier alpha value is -8.34. The smallest absolute Gasteiger partial charge is 0.248 e. The zero-order chi connectivity index (χ0) is 51.1. The van der Waals surface area contributed by atoms with Crippen molar-refractivity contribution in [1.82, 2.24) is 9.13 Å². The minimum absolute atomic E-state index is 0.00483. The van der Waals surface area contributed by atoms with E-state index in [9.17, 15) is 1.37 Å². The molecule has 3 aliphatic carbocycles. The molecule has 12 aromatic rings. The van der Waals surface area contributed by atoms with Crippen LogP contribution in [0.2, 0.25) is 0 Å². The first kappa shape index (κ1) is 41.1. The molecule has 2 aromatic heterocycles. The maximum absolute atomic E-state index is 9.64. The van der Waals surface area contributed by atoms with Crippen molar-refractivity contribution in [2.75, 3.05) is 4.90 Å². The Bertz CT molecular complexity index is 4750. The van der Waals surface area contributed by atoms with Crippen molar-refractivity contribution in [3.05, 3.63) is 221 Å². The van der Waals surface area contributed by atoms with Gasteiger partial charge in [-0.1, -0.05) is 194 Å². The summed E-state index contributed by atoms with van der Waals surface area (Å²) in [5, 5.41) is 10.3. The second-order valence-corrected chi connectivity index (χ2v) is 23.9. The van der Waals surface area contributed by atoms with E-state index >= 15 is 0 Å². The zero-order valence-electron chi connectivity index (χ0n) is 44.4. The predicted octanol–water partition coefficient (Wildman–Crippen LogP) is 17.2. The van der Waals surface area contributed by atoms with Crippen LogP contribution in [0.3, 0.4) is 0 Å². The Balaban J connectivity index is 1.09. The standard InChI is InChI=1S/C71H54BN3/c1-39(2)42-28-34-56-55(36-42)72-65-59(73(56)44-31-29-43(30-32-44)70(3,4)5)38-60(74-57-25-15-23-49-47-20-11-10-19-46(47)48-22-14-17-41-27-35-58(74)64(61(41)48)63(49)57)69(65)75-67-45-18-9-8-16-40(45)26-33-50(67)52-37-54-62(66(72)68(52)75)51-21-12-13-24-53(51)71(54,6)7/h8-39,69H,1-7H3/i39D. The van der Waals surface area contributed by atoms with Gasteiger partial charge in [0.1, 0.15) is 0 Å². The van der Waals surface area contributed by atoms with Crippen LogP contribution in [0, 0.1) is 0 Å². The van der Waals surface area contributed by atoms with Gasteiger partial charge in [-0.15, -0.1) is 0 Å². The molecule has 4 heteroatoms. The monoisotopic (exact) mass is 960 g/mol. The van der Waals surface area contributed by atoms with Gasteiger partial charge in [-0.3, -0.25) is 0 Å². The van der Waals surface area contributed by atoms with E-state index in [4.69, 9.17) is 0 Å². The minimum Gasteiger partial charge on any atom is -0.328 e. The van der Waals surface area contributed by atoms with E-state index in [0.717, 1.165) is 11.3 Å². The van der Waals surface area contributed by atoms with Gasteiger partial charge < -0.3 is 14.0 Å². The molecule has 17 rings (SSSR count). The van der Waals surface area contributed by atoms with Gasteiger partial charge in [0.2, 0.25) is 6.71 Å². The molecule has 4 heterocycles. The van der Waals surface area contributed by atoms with Gasteiger partial charge in [0.05, 0.1) is 28.3 Å². The highest BCUT2D eigenvalue weighted by Gasteiger charge is 2.53. The second kappa shape index (κ2) is 14.1. The SMILES string of the molecule is [2H]C(C)(C)c1ccc2c(c1)B1C3=C(C=C(n4c5cccc6c5c5c7c(cccc7ccc54)-c4ccccc4-6)C3n3c4c1c1c(cc4c4ccc5ccccc5c43)C(C)(C)c3ccccc3-1)N2c1ccc(C(C)(C)C)cc1. The van der Waals surface area contributed by atoms with Gasteiger partial charge in [0.15, 0.2) is 0 Å². The molecule has 3 nitrogen and oxygen atoms in total. The maximum atomic E-state index is 9.64. The normalized spacial score (nSPS) is 16.9. The predicted molar refractivity (Wildman–Crippen MR) is 319 cm³/mol. The summed E-state index contributed by atoms with van der Waals surface area (Å²) in [5.74, 6) is -0.821. The number of allylic oxidation sites excluding steroid dienone is 3. The van der Waals surface area contributed by atoms with Crippen LogP contribution < -0.4 is 15.8 Å². The Morgan fingerprint density at radius 1 is 0.573 bits per heavy atom. The Morgan fingerprint density at radius 2 is 1.25 bits per heavy atom. The van der Waals surface area contributed by atoms with Crippen molar-refractivity contribution in [2.24, 2.45) is 0 Å². The fraction of sp³-hybridized carbons (Fsp3) is 0.155. The third kappa shape index (κ3) is 5.14. The quantitative estimate of drug-likeness (QED) is 0.161. The lowest BCUT2D eigenvalue weighted by Gasteiger charge is -2.42. The summed E-state index contributed by atoms with van der Waals surface area (Å²) in [6, 6.07) is 69.6. The zero-order valence-corrected chi connectivity index (χ0v) is 43.4. The average Bonchev–Trinajstić information content (AvgIpc) is 4.30. The van der Waals surface area contributed by atoms with E-state index in [1.807, 2.05) is 13.8 Å². The Kier molecular flexibility index (Phi) is 7.71. The van der Waals surface area contributed by atoms with E-state index in [2.05, 4.69) is 237 Å². The summed E-state index contributed by atoms with van der Waals surface area (Å²) in [6.07, 6.45) is 2.60. The van der Waals surface area contributed by atoms with Crippen LogP contribution in [-0.4, -0.2) is 15.8 Å². The molecule has 0 saturated carbocycles. The molecule has 0 radical (unpaired) electrons. The third-order valence-electron chi connectivity index (χ3n) is 18.5. The van der Waals surface area contributed by atoms with E-state index in [0.29, 0.717) is 0 Å². The molecule has 10 aromatic carbocycles. The van der Waals surface area contributed by atoms with E-state index < -0.39 is 5.89 Å². The molecule has 0 fully saturated rings. The molecular weight excluding hydrogens is 906 g/mol. The first-order chi connectivity index (χ1) is 36.8. The number of rotatable bonds is 3. The van der Waals surface area contributed by atoms with Crippen LogP contribution in [0.5, 0.6) is 0 Å². The summed E-state index contributed by atoms with van der Waals surface area (Å²) in [5.41, 5.74) is 26.6. The fourth-order valence-corrected chi connectivity index (χ4v) is 15.2. The van der Waals surface area contributed by atoms with Crippen LogP contribution in [0.4, 0.5) is 11.4 Å². The molecule has 75 heavy (non-hydrogen) atoms. The van der Waals surface area contributed by atoms with Gasteiger partial charge >= 0.3 is 0 Å².